The molecule has 0 unspecified atom stereocenters. The lowest BCUT2D eigenvalue weighted by Gasteiger charge is -2.04. The van der Waals surface area contributed by atoms with Gasteiger partial charge < -0.3 is 9.73 Å². The minimum absolute atomic E-state index is 0.0288. The number of amides is 1. The predicted molar refractivity (Wildman–Crippen MR) is 119 cm³/mol. The van der Waals surface area contributed by atoms with Gasteiger partial charge in [0.25, 0.3) is 0 Å². The minimum Gasteiger partial charge on any atom is -0.440 e. The van der Waals surface area contributed by atoms with E-state index < -0.39 is 0 Å². The van der Waals surface area contributed by atoms with E-state index in [0.29, 0.717) is 23.6 Å². The van der Waals surface area contributed by atoms with E-state index in [1.807, 2.05) is 66.7 Å². The van der Waals surface area contributed by atoms with Crippen LogP contribution in [0, 0.1) is 0 Å². The Morgan fingerprint density at radius 3 is 2.00 bits per heavy atom. The van der Waals surface area contributed by atoms with E-state index in [4.69, 9.17) is 4.42 Å². The molecule has 5 heteroatoms. The Kier molecular flexibility index (Phi) is 6.33. The number of nitrogens with one attached hydrogen (secondary N) is 1. The van der Waals surface area contributed by atoms with Crippen molar-refractivity contribution in [3.8, 4) is 22.6 Å². The van der Waals surface area contributed by atoms with Gasteiger partial charge in [0.05, 0.1) is 6.54 Å². The Balaban J connectivity index is 1.43. The fourth-order valence-corrected chi connectivity index (χ4v) is 3.26. The van der Waals surface area contributed by atoms with Crippen LogP contribution in [0.3, 0.4) is 0 Å². The van der Waals surface area contributed by atoms with Crippen LogP contribution in [0.2, 0.25) is 0 Å². The molecule has 0 aliphatic heterocycles. The van der Waals surface area contributed by atoms with E-state index in [0.717, 1.165) is 16.8 Å². The molecule has 1 aromatic heterocycles. The summed E-state index contributed by atoms with van der Waals surface area (Å²) in [5, 5.41) is 2.68. The smallest absolute Gasteiger partial charge is 0.220 e. The number of Topliss-reactive ketones (excluding diaryl/α,β-unsaturated/α-hetero) is 1. The molecule has 0 saturated carbocycles. The molecule has 0 aliphatic rings. The third kappa shape index (κ3) is 5.14. The third-order valence-electron chi connectivity index (χ3n) is 4.86. The van der Waals surface area contributed by atoms with Crippen molar-refractivity contribution in [2.24, 2.45) is 0 Å². The molecule has 0 spiro atoms. The largest absolute Gasteiger partial charge is 0.440 e. The molecule has 1 heterocycles. The Hall–Kier alpha value is -3.99. The lowest BCUT2D eigenvalue weighted by molar-refractivity contribution is -0.120. The Morgan fingerprint density at radius 1 is 0.774 bits per heavy atom. The van der Waals surface area contributed by atoms with Gasteiger partial charge in [0.2, 0.25) is 5.91 Å². The highest BCUT2D eigenvalue weighted by Gasteiger charge is 2.17. The van der Waals surface area contributed by atoms with Crippen LogP contribution in [0.1, 0.15) is 22.7 Å². The van der Waals surface area contributed by atoms with Crippen molar-refractivity contribution < 1.29 is 14.0 Å². The average molecular weight is 410 g/mol. The molecule has 0 fully saturated rings. The second-order valence-electron chi connectivity index (χ2n) is 7.08. The molecule has 5 nitrogen and oxygen atoms in total. The number of carbonyl (C=O) groups excluding carboxylic acids is 2. The highest BCUT2D eigenvalue weighted by atomic mass is 16.4. The molecular formula is C26H22N2O3. The van der Waals surface area contributed by atoms with Crippen LogP contribution in [0.4, 0.5) is 0 Å². The van der Waals surface area contributed by atoms with Gasteiger partial charge in [0, 0.05) is 29.5 Å². The first kappa shape index (κ1) is 20.3. The molecular weight excluding hydrogens is 388 g/mol. The molecule has 4 rings (SSSR count). The maximum atomic E-state index is 12.3. The van der Waals surface area contributed by atoms with E-state index in [-0.39, 0.29) is 24.7 Å². The van der Waals surface area contributed by atoms with Gasteiger partial charge in [-0.3, -0.25) is 9.59 Å². The Morgan fingerprint density at radius 2 is 1.35 bits per heavy atom. The van der Waals surface area contributed by atoms with E-state index in [1.165, 1.54) is 0 Å². The summed E-state index contributed by atoms with van der Waals surface area (Å²) >= 11 is 0. The number of carbonyl (C=O) groups is 2. The number of aryl methyl sites for hydroxylation is 1. The molecule has 31 heavy (non-hydrogen) atoms. The van der Waals surface area contributed by atoms with Crippen molar-refractivity contribution in [2.75, 3.05) is 6.54 Å². The average Bonchev–Trinajstić information content (AvgIpc) is 3.27. The highest BCUT2D eigenvalue weighted by molar-refractivity contribution is 5.99. The van der Waals surface area contributed by atoms with Crippen LogP contribution in [-0.4, -0.2) is 23.2 Å². The zero-order chi connectivity index (χ0) is 21.5. The van der Waals surface area contributed by atoms with Crippen molar-refractivity contribution in [1.82, 2.24) is 10.3 Å². The second-order valence-corrected chi connectivity index (χ2v) is 7.08. The van der Waals surface area contributed by atoms with E-state index in [9.17, 15) is 9.59 Å². The van der Waals surface area contributed by atoms with Gasteiger partial charge in [-0.25, -0.2) is 4.98 Å². The third-order valence-corrected chi connectivity index (χ3v) is 4.86. The first-order chi connectivity index (χ1) is 15.2. The summed E-state index contributed by atoms with van der Waals surface area (Å²) in [5.41, 5.74) is 3.21. The van der Waals surface area contributed by atoms with Crippen LogP contribution in [-0.2, 0) is 11.2 Å². The molecule has 1 amide bonds. The van der Waals surface area contributed by atoms with Gasteiger partial charge in [-0.15, -0.1) is 0 Å². The SMILES string of the molecule is O=C(CCc1nc(-c2ccccc2)c(-c2ccccc2)o1)NCC(=O)c1ccccc1. The van der Waals surface area contributed by atoms with Crippen LogP contribution in [0.5, 0.6) is 0 Å². The number of aromatic nitrogens is 1. The van der Waals surface area contributed by atoms with Crippen LogP contribution < -0.4 is 5.32 Å². The van der Waals surface area contributed by atoms with Gasteiger partial charge in [-0.05, 0) is 0 Å². The van der Waals surface area contributed by atoms with E-state index in [2.05, 4.69) is 10.3 Å². The minimum atomic E-state index is -0.218. The fraction of sp³-hybridized carbons (Fsp3) is 0.115. The fourth-order valence-electron chi connectivity index (χ4n) is 3.26. The monoisotopic (exact) mass is 410 g/mol. The number of hydrogen-bond acceptors (Lipinski definition) is 4. The van der Waals surface area contributed by atoms with Crippen molar-refractivity contribution >= 4 is 11.7 Å². The first-order valence-electron chi connectivity index (χ1n) is 10.2. The Bertz CT molecular complexity index is 1100. The normalized spacial score (nSPS) is 10.6. The van der Waals surface area contributed by atoms with Crippen molar-refractivity contribution in [3.63, 3.8) is 0 Å². The number of rotatable bonds is 8. The Labute approximate surface area is 180 Å². The van der Waals surface area contributed by atoms with Gasteiger partial charge >= 0.3 is 0 Å². The zero-order valence-electron chi connectivity index (χ0n) is 17.0. The zero-order valence-corrected chi connectivity index (χ0v) is 17.0. The molecule has 0 saturated heterocycles. The van der Waals surface area contributed by atoms with Gasteiger partial charge in [-0.1, -0.05) is 91.0 Å². The summed E-state index contributed by atoms with van der Waals surface area (Å²) in [7, 11) is 0. The number of benzene rings is 3. The summed E-state index contributed by atoms with van der Waals surface area (Å²) in [4.78, 5) is 29.0. The quantitative estimate of drug-likeness (QED) is 0.418. The summed E-state index contributed by atoms with van der Waals surface area (Å²) in [5.74, 6) is 0.830. The predicted octanol–water partition coefficient (Wildman–Crippen LogP) is 4.94. The standard InChI is InChI=1S/C26H22N2O3/c29-22(19-10-4-1-5-11-19)18-27-23(30)16-17-24-28-25(20-12-6-2-7-13-20)26(31-24)21-14-8-3-9-15-21/h1-15H,16-18H2,(H,27,30). The molecule has 4 aromatic rings. The van der Waals surface area contributed by atoms with Gasteiger partial charge in [-0.2, -0.15) is 0 Å². The molecule has 154 valence electrons. The molecule has 0 bridgehead atoms. The van der Waals surface area contributed by atoms with Crippen molar-refractivity contribution in [1.29, 1.82) is 0 Å². The molecule has 0 radical (unpaired) electrons. The number of nitrogens with zero attached hydrogens (tertiary/aromatic N) is 1. The van der Waals surface area contributed by atoms with Crippen LogP contribution >= 0.6 is 0 Å². The van der Waals surface area contributed by atoms with Crippen molar-refractivity contribution in [2.45, 2.75) is 12.8 Å². The van der Waals surface area contributed by atoms with Crippen molar-refractivity contribution in [3.05, 3.63) is 102 Å². The highest BCUT2D eigenvalue weighted by Crippen LogP contribution is 2.32. The second kappa shape index (κ2) is 9.67. The molecule has 0 atom stereocenters. The number of hydrogen-bond donors (Lipinski definition) is 1. The molecule has 3 aromatic carbocycles. The number of ketones is 1. The lowest BCUT2D eigenvalue weighted by atomic mass is 10.1. The first-order valence-corrected chi connectivity index (χ1v) is 10.2. The van der Waals surface area contributed by atoms with Gasteiger partial charge in [0.15, 0.2) is 17.4 Å². The van der Waals surface area contributed by atoms with Crippen LogP contribution in [0.25, 0.3) is 22.6 Å². The maximum Gasteiger partial charge on any atom is 0.220 e. The molecule has 0 aliphatic carbocycles. The summed E-state index contributed by atoms with van der Waals surface area (Å²) in [6.07, 6.45) is 0.531. The summed E-state index contributed by atoms with van der Waals surface area (Å²) < 4.78 is 6.04. The van der Waals surface area contributed by atoms with E-state index >= 15 is 0 Å². The lowest BCUT2D eigenvalue weighted by Crippen LogP contribution is -2.29. The summed E-state index contributed by atoms with van der Waals surface area (Å²) in [6.45, 7) is -0.0288. The maximum absolute atomic E-state index is 12.3. The van der Waals surface area contributed by atoms with Crippen LogP contribution in [0.15, 0.2) is 95.4 Å². The summed E-state index contributed by atoms with van der Waals surface area (Å²) in [6, 6.07) is 28.5. The topological polar surface area (TPSA) is 72.2 Å². The van der Waals surface area contributed by atoms with Gasteiger partial charge in [0.1, 0.15) is 5.69 Å². The molecule has 1 N–H and O–H groups in total. The van der Waals surface area contributed by atoms with E-state index in [1.54, 1.807) is 24.3 Å². The number of oxazole rings is 1.